The van der Waals surface area contributed by atoms with Crippen molar-refractivity contribution in [1.29, 1.82) is 0 Å². The molecule has 0 heterocycles. The monoisotopic (exact) mass is 832 g/mol. The van der Waals surface area contributed by atoms with E-state index in [2.05, 4.69) is 134 Å². The zero-order valence-electron chi connectivity index (χ0n) is 26.1. The lowest BCUT2D eigenvalue weighted by Crippen LogP contribution is -1.88. The second-order valence-corrected chi connectivity index (χ2v) is 10.4. The van der Waals surface area contributed by atoms with Crippen molar-refractivity contribution in [3.05, 3.63) is 133 Å². The van der Waals surface area contributed by atoms with Gasteiger partial charge in [-0.25, -0.2) is 0 Å². The van der Waals surface area contributed by atoms with E-state index in [-0.39, 0.29) is 0 Å². The Bertz CT molecular complexity index is 1910. The summed E-state index contributed by atoms with van der Waals surface area (Å²) in [6.07, 6.45) is 0. The van der Waals surface area contributed by atoms with Gasteiger partial charge in [0.25, 0.3) is 0 Å². The summed E-state index contributed by atoms with van der Waals surface area (Å²) in [5, 5.41) is 7.36. The van der Waals surface area contributed by atoms with Crippen molar-refractivity contribution in [1.82, 2.24) is 0 Å². The summed E-state index contributed by atoms with van der Waals surface area (Å²) in [7, 11) is 6.76. The lowest BCUT2D eigenvalue weighted by molar-refractivity contribution is 0.414. The molecule has 46 heavy (non-hydrogen) atoms. The van der Waals surface area contributed by atoms with E-state index in [1.54, 1.807) is 28.4 Å². The van der Waals surface area contributed by atoms with Gasteiger partial charge in [-0.05, 0) is 103 Å². The summed E-state index contributed by atoms with van der Waals surface area (Å²) in [5.74, 6) is 3.47. The third-order valence-corrected chi connectivity index (χ3v) is 7.98. The fourth-order valence-electron chi connectivity index (χ4n) is 5.70. The Labute approximate surface area is 293 Å². The highest BCUT2D eigenvalue weighted by Gasteiger charge is 2.10. The quantitative estimate of drug-likeness (QED) is 0.124. The summed E-state index contributed by atoms with van der Waals surface area (Å²) in [5.41, 5.74) is 4.75. The van der Waals surface area contributed by atoms with E-state index in [0.29, 0.717) is 0 Å². The van der Waals surface area contributed by atoms with Crippen LogP contribution in [0.3, 0.4) is 0 Å². The summed E-state index contributed by atoms with van der Waals surface area (Å²) < 4.78 is 21.3. The zero-order valence-corrected chi connectivity index (χ0v) is 30.4. The molecule has 6 heteroatoms. The maximum Gasteiger partial charge on any atom is 0.119 e. The second kappa shape index (κ2) is 16.0. The summed E-state index contributed by atoms with van der Waals surface area (Å²) in [4.78, 5) is 0. The van der Waals surface area contributed by atoms with Crippen LogP contribution in [0.5, 0.6) is 23.0 Å². The van der Waals surface area contributed by atoms with Crippen molar-refractivity contribution in [3.63, 3.8) is 0 Å². The lowest BCUT2D eigenvalue weighted by Gasteiger charge is -2.12. The Balaban J connectivity index is 0.000000172. The van der Waals surface area contributed by atoms with Gasteiger partial charge in [-0.15, -0.1) is 0 Å². The van der Waals surface area contributed by atoms with Crippen LogP contribution in [-0.4, -0.2) is 28.4 Å². The molecule has 0 unspecified atom stereocenters. The number of methoxy groups -OCH3 is 4. The fourth-order valence-corrected chi connectivity index (χ4v) is 5.70. The van der Waals surface area contributed by atoms with Gasteiger partial charge in [0.05, 0.1) is 28.4 Å². The molecule has 0 radical (unpaired) electrons. The minimum atomic E-state index is 0.866. The van der Waals surface area contributed by atoms with Gasteiger partial charge in [0.2, 0.25) is 0 Å². The molecular weight excluding hydrogens is 798 g/mol. The molecule has 0 amide bonds. The first-order valence-corrected chi connectivity index (χ1v) is 20.9. The smallest absolute Gasteiger partial charge is 0.119 e. The minimum Gasteiger partial charge on any atom is -0.497 e. The van der Waals surface area contributed by atoms with E-state index in [0.717, 1.165) is 23.0 Å². The highest BCUT2D eigenvalue weighted by molar-refractivity contribution is 15.0. The first-order valence-electron chi connectivity index (χ1n) is 14.6. The third kappa shape index (κ3) is 7.18. The average Bonchev–Trinajstić information content (AvgIpc) is 3.15. The van der Waals surface area contributed by atoms with Gasteiger partial charge in [-0.1, -0.05) is 84.9 Å². The zero-order chi connectivity index (χ0) is 32.5. The van der Waals surface area contributed by atoms with Crippen LogP contribution in [0, 0.1) is 0 Å². The molecule has 0 atom stereocenters. The van der Waals surface area contributed by atoms with E-state index in [1.165, 1.54) is 54.6 Å². The Morgan fingerprint density at radius 3 is 0.978 bits per heavy atom. The van der Waals surface area contributed by atoms with Gasteiger partial charge in [-0.3, -0.25) is 0 Å². The molecular formula is C40H34I2O4. The molecule has 0 saturated carbocycles. The molecule has 0 saturated heterocycles. The molecule has 0 bridgehead atoms. The van der Waals surface area contributed by atoms with Gasteiger partial charge >= 0.3 is 0 Å². The highest BCUT2D eigenvalue weighted by Crippen LogP contribution is 2.38. The van der Waals surface area contributed by atoms with Crippen LogP contribution < -0.4 is 18.9 Å². The van der Waals surface area contributed by atoms with E-state index in [1.807, 2.05) is 36.4 Å². The molecule has 232 valence electrons. The van der Waals surface area contributed by atoms with E-state index in [4.69, 9.17) is 18.9 Å². The van der Waals surface area contributed by atoms with E-state index < -0.39 is 0 Å². The maximum absolute atomic E-state index is 5.41. The Hall–Kier alpha value is -4.02. The number of hydrogen-bond donors (Lipinski definition) is 0. The first kappa shape index (κ1) is 33.3. The molecule has 0 aliphatic carbocycles. The van der Waals surface area contributed by atoms with Crippen molar-refractivity contribution < 1.29 is 18.9 Å². The summed E-state index contributed by atoms with van der Waals surface area (Å²) in [6.45, 7) is 0. The second-order valence-electron chi connectivity index (χ2n) is 10.4. The van der Waals surface area contributed by atoms with Crippen molar-refractivity contribution in [3.8, 4) is 45.3 Å². The topological polar surface area (TPSA) is 36.9 Å². The molecule has 7 aromatic carbocycles. The van der Waals surface area contributed by atoms with Crippen LogP contribution in [0.2, 0.25) is 0 Å². The third-order valence-electron chi connectivity index (χ3n) is 7.98. The number of rotatable bonds is 6. The number of hydrogen-bond acceptors (Lipinski definition) is 4. The van der Waals surface area contributed by atoms with Crippen molar-refractivity contribution in [2.45, 2.75) is 0 Å². The Morgan fingerprint density at radius 1 is 0.326 bits per heavy atom. The Morgan fingerprint density at radius 2 is 0.630 bits per heavy atom. The highest BCUT2D eigenvalue weighted by atomic mass is 128. The van der Waals surface area contributed by atoms with Gasteiger partial charge in [0, 0.05) is 37.2 Å². The molecule has 0 aliphatic heterocycles. The predicted molar refractivity (Wildman–Crippen MR) is 211 cm³/mol. The number of benzene rings is 7. The van der Waals surface area contributed by atoms with Crippen LogP contribution in [0.1, 0.15) is 0 Å². The number of fused-ring (bicyclic) bond motifs is 6. The summed E-state index contributed by atoms with van der Waals surface area (Å²) in [6, 6.07) is 45.7. The summed E-state index contributed by atoms with van der Waals surface area (Å²) >= 11 is 4.24. The number of halogens is 2. The average molecular weight is 833 g/mol. The normalized spacial score (nSPS) is 10.4. The molecule has 0 spiro atoms. The molecule has 7 rings (SSSR count). The fraction of sp³-hybridized carbons (Fsp3) is 0.100. The van der Waals surface area contributed by atoms with Crippen molar-refractivity contribution >= 4 is 69.5 Å². The molecule has 0 fully saturated rings. The van der Waals surface area contributed by atoms with Crippen LogP contribution in [-0.2, 0) is 0 Å². The van der Waals surface area contributed by atoms with Crippen LogP contribution >= 0.6 is 37.2 Å². The largest absolute Gasteiger partial charge is 0.497 e. The van der Waals surface area contributed by atoms with Gasteiger partial charge in [0.1, 0.15) is 23.0 Å². The molecule has 4 nitrogen and oxygen atoms in total. The predicted octanol–water partition coefficient (Wildman–Crippen LogP) is 12.0. The van der Waals surface area contributed by atoms with E-state index >= 15 is 0 Å². The Kier molecular flexibility index (Phi) is 11.6. The van der Waals surface area contributed by atoms with Crippen LogP contribution in [0.15, 0.2) is 133 Å². The SMILES string of the molecule is COc1ccc(-c2ccccc2-c2ccc(OC)cc2)cc1.COc1ccc2c3ccccc3c3ccc(OC)cc3c2c1.II. The van der Waals surface area contributed by atoms with Crippen molar-refractivity contribution in [2.75, 3.05) is 28.4 Å². The standard InChI is InChI=1S/C20H16O2.C20H18O2.I2/c1-21-13-7-9-17-15-5-3-4-6-16(15)18-10-8-14(22-2)12-20(18)19(17)11-13;1-21-17-11-7-15(8-12-17)19-5-3-4-6-20(19)16-9-13-18(22-2)14-10-16;1-2/h3-12H,1-2H3;3-14H,1-2H3;. The van der Waals surface area contributed by atoms with Gasteiger partial charge in [0.15, 0.2) is 0 Å². The number of ether oxygens (including phenoxy) is 4. The molecule has 7 aromatic rings. The van der Waals surface area contributed by atoms with Crippen LogP contribution in [0.4, 0.5) is 0 Å². The molecule has 0 N–H and O–H groups in total. The van der Waals surface area contributed by atoms with Crippen molar-refractivity contribution in [2.24, 2.45) is 0 Å². The lowest BCUT2D eigenvalue weighted by atomic mass is 9.94. The minimum absolute atomic E-state index is 0.866. The van der Waals surface area contributed by atoms with E-state index in [9.17, 15) is 0 Å². The molecule has 0 aliphatic rings. The first-order chi connectivity index (χ1) is 22.6. The van der Waals surface area contributed by atoms with Gasteiger partial charge in [-0.2, -0.15) is 0 Å². The maximum atomic E-state index is 5.41. The van der Waals surface area contributed by atoms with Gasteiger partial charge < -0.3 is 18.9 Å². The molecule has 0 aromatic heterocycles. The van der Waals surface area contributed by atoms with Crippen LogP contribution in [0.25, 0.3) is 54.6 Å².